The molecule has 0 aliphatic rings. The van der Waals surface area contributed by atoms with Gasteiger partial charge in [0.05, 0.1) is 5.75 Å². The molecule has 0 aliphatic carbocycles. The van der Waals surface area contributed by atoms with Crippen molar-refractivity contribution in [3.63, 3.8) is 0 Å². The molecule has 8 heteroatoms. The zero-order valence-electron chi connectivity index (χ0n) is 17.2. The molecule has 0 atom stereocenters. The first-order valence-corrected chi connectivity index (χ1v) is 11.2. The summed E-state index contributed by atoms with van der Waals surface area (Å²) in [5.74, 6) is 2.40. The summed E-state index contributed by atoms with van der Waals surface area (Å²) in [4.78, 5) is 4.11. The average molecular weight is 441 g/mol. The molecule has 7 nitrogen and oxygen atoms in total. The fourth-order valence-corrected chi connectivity index (χ4v) is 4.13. The Kier molecular flexibility index (Phi) is 6.02. The molecule has 0 aliphatic heterocycles. The summed E-state index contributed by atoms with van der Waals surface area (Å²) in [6.45, 7) is 0.760. The monoisotopic (exact) mass is 440 g/mol. The minimum Gasteiger partial charge on any atom is -0.420 e. The topological polar surface area (TPSA) is 82.5 Å². The van der Waals surface area contributed by atoms with Crippen LogP contribution in [0.1, 0.15) is 11.5 Å². The molecule has 32 heavy (non-hydrogen) atoms. The average Bonchev–Trinajstić information content (AvgIpc) is 3.50. The van der Waals surface area contributed by atoms with E-state index in [0.717, 1.165) is 35.1 Å². The SMILES string of the molecule is c1ccc(CCn2c(SCc3nnc(-c4ccccc4)o3)nnc2-c2ccncc2)cc1. The van der Waals surface area contributed by atoms with Gasteiger partial charge in [0.25, 0.3) is 0 Å². The van der Waals surface area contributed by atoms with Crippen LogP contribution in [0.3, 0.4) is 0 Å². The lowest BCUT2D eigenvalue weighted by Gasteiger charge is -2.10. The zero-order chi connectivity index (χ0) is 21.6. The second-order valence-corrected chi connectivity index (χ2v) is 8.03. The minimum absolute atomic E-state index is 0.514. The molecule has 2 aromatic carbocycles. The summed E-state index contributed by atoms with van der Waals surface area (Å²) in [6, 6.07) is 24.1. The Morgan fingerprint density at radius 3 is 2.28 bits per heavy atom. The highest BCUT2D eigenvalue weighted by Gasteiger charge is 2.16. The number of hydrogen-bond donors (Lipinski definition) is 0. The predicted molar refractivity (Wildman–Crippen MR) is 123 cm³/mol. The largest absolute Gasteiger partial charge is 0.420 e. The fourth-order valence-electron chi connectivity index (χ4n) is 3.33. The lowest BCUT2D eigenvalue weighted by molar-refractivity contribution is 0.528. The number of benzene rings is 2. The van der Waals surface area contributed by atoms with E-state index in [1.54, 1.807) is 12.4 Å². The summed E-state index contributed by atoms with van der Waals surface area (Å²) in [5, 5.41) is 18.1. The van der Waals surface area contributed by atoms with E-state index in [9.17, 15) is 0 Å². The van der Waals surface area contributed by atoms with Crippen molar-refractivity contribution < 1.29 is 4.42 Å². The number of thioether (sulfide) groups is 1. The summed E-state index contributed by atoms with van der Waals surface area (Å²) < 4.78 is 7.98. The Morgan fingerprint density at radius 1 is 0.750 bits per heavy atom. The van der Waals surface area contributed by atoms with E-state index in [-0.39, 0.29) is 0 Å². The highest BCUT2D eigenvalue weighted by Crippen LogP contribution is 2.27. The van der Waals surface area contributed by atoms with Gasteiger partial charge in [0, 0.05) is 30.1 Å². The number of nitrogens with zero attached hydrogens (tertiary/aromatic N) is 6. The molecule has 0 radical (unpaired) electrons. The van der Waals surface area contributed by atoms with Gasteiger partial charge in [-0.1, -0.05) is 60.3 Å². The van der Waals surface area contributed by atoms with Gasteiger partial charge in [0.1, 0.15) is 0 Å². The second-order valence-electron chi connectivity index (χ2n) is 7.08. The van der Waals surface area contributed by atoms with Crippen LogP contribution in [0.2, 0.25) is 0 Å². The summed E-state index contributed by atoms with van der Waals surface area (Å²) in [5.41, 5.74) is 3.15. The van der Waals surface area contributed by atoms with Crippen LogP contribution >= 0.6 is 11.8 Å². The number of rotatable bonds is 8. The lowest BCUT2D eigenvalue weighted by Crippen LogP contribution is -2.05. The molecule has 0 spiro atoms. The van der Waals surface area contributed by atoms with Gasteiger partial charge in [-0.2, -0.15) is 0 Å². The van der Waals surface area contributed by atoms with Crippen molar-refractivity contribution in [2.45, 2.75) is 23.9 Å². The van der Waals surface area contributed by atoms with Gasteiger partial charge in [-0.15, -0.1) is 20.4 Å². The van der Waals surface area contributed by atoms with Crippen molar-refractivity contribution in [3.8, 4) is 22.8 Å². The molecule has 158 valence electrons. The van der Waals surface area contributed by atoms with Gasteiger partial charge in [0.2, 0.25) is 11.8 Å². The van der Waals surface area contributed by atoms with Gasteiger partial charge >= 0.3 is 0 Å². The predicted octanol–water partition coefficient (Wildman–Crippen LogP) is 4.93. The van der Waals surface area contributed by atoms with Gasteiger partial charge in [0.15, 0.2) is 11.0 Å². The Labute approximate surface area is 189 Å². The Bertz CT molecular complexity index is 1270. The third kappa shape index (κ3) is 4.60. The fraction of sp³-hybridized carbons (Fsp3) is 0.125. The molecule has 3 heterocycles. The van der Waals surface area contributed by atoms with Crippen LogP contribution in [0, 0.1) is 0 Å². The van der Waals surface area contributed by atoms with Crippen LogP contribution < -0.4 is 0 Å². The van der Waals surface area contributed by atoms with Crippen molar-refractivity contribution in [1.82, 2.24) is 29.9 Å². The van der Waals surface area contributed by atoms with E-state index >= 15 is 0 Å². The van der Waals surface area contributed by atoms with Crippen LogP contribution in [0.5, 0.6) is 0 Å². The molecule has 0 saturated carbocycles. The van der Waals surface area contributed by atoms with E-state index in [1.807, 2.05) is 48.5 Å². The maximum absolute atomic E-state index is 5.84. The number of pyridine rings is 1. The lowest BCUT2D eigenvalue weighted by atomic mass is 10.1. The highest BCUT2D eigenvalue weighted by molar-refractivity contribution is 7.98. The molecule has 0 amide bonds. The Balaban J connectivity index is 1.36. The highest BCUT2D eigenvalue weighted by atomic mass is 32.2. The maximum Gasteiger partial charge on any atom is 0.247 e. The molecular weight excluding hydrogens is 420 g/mol. The quantitative estimate of drug-likeness (QED) is 0.317. The zero-order valence-corrected chi connectivity index (χ0v) is 18.0. The first-order valence-electron chi connectivity index (χ1n) is 10.2. The number of hydrogen-bond acceptors (Lipinski definition) is 7. The van der Waals surface area contributed by atoms with Gasteiger partial charge in [-0.3, -0.25) is 4.98 Å². The number of aromatic nitrogens is 6. The Morgan fingerprint density at radius 2 is 1.50 bits per heavy atom. The first kappa shape index (κ1) is 20.1. The molecule has 3 aromatic heterocycles. The van der Waals surface area contributed by atoms with E-state index < -0.39 is 0 Å². The standard InChI is InChI=1S/C24H20N6OS/c1-3-7-18(8-4-1)13-16-30-22(19-11-14-25-15-12-19)27-29-24(30)32-17-21-26-28-23(31-21)20-9-5-2-6-10-20/h1-12,14-15H,13,16-17H2. The van der Waals surface area contributed by atoms with Gasteiger partial charge < -0.3 is 8.98 Å². The second kappa shape index (κ2) is 9.57. The van der Waals surface area contributed by atoms with Crippen molar-refractivity contribution in [2.75, 3.05) is 0 Å². The molecule has 0 bridgehead atoms. The van der Waals surface area contributed by atoms with Crippen molar-refractivity contribution >= 4 is 11.8 Å². The molecule has 0 fully saturated rings. The van der Waals surface area contributed by atoms with E-state index in [4.69, 9.17) is 4.42 Å². The van der Waals surface area contributed by atoms with Crippen molar-refractivity contribution in [1.29, 1.82) is 0 Å². The van der Waals surface area contributed by atoms with Crippen LogP contribution in [0.4, 0.5) is 0 Å². The molecule has 0 unspecified atom stereocenters. The first-order chi connectivity index (χ1) is 15.9. The van der Waals surface area contributed by atoms with Crippen LogP contribution in [0.25, 0.3) is 22.8 Å². The summed E-state index contributed by atoms with van der Waals surface area (Å²) >= 11 is 1.54. The minimum atomic E-state index is 0.514. The summed E-state index contributed by atoms with van der Waals surface area (Å²) in [6.07, 6.45) is 4.41. The van der Waals surface area contributed by atoms with Crippen LogP contribution in [-0.2, 0) is 18.7 Å². The smallest absolute Gasteiger partial charge is 0.247 e. The molecule has 0 saturated heterocycles. The van der Waals surface area contributed by atoms with Crippen molar-refractivity contribution in [2.24, 2.45) is 0 Å². The molecular formula is C24H20N6OS. The van der Waals surface area contributed by atoms with Crippen LogP contribution in [0.15, 0.2) is 94.8 Å². The summed E-state index contributed by atoms with van der Waals surface area (Å²) in [7, 11) is 0. The van der Waals surface area contributed by atoms with Crippen molar-refractivity contribution in [3.05, 3.63) is 96.6 Å². The van der Waals surface area contributed by atoms with E-state index in [1.165, 1.54) is 17.3 Å². The van der Waals surface area contributed by atoms with Gasteiger partial charge in [-0.25, -0.2) is 0 Å². The third-order valence-electron chi connectivity index (χ3n) is 4.93. The van der Waals surface area contributed by atoms with Gasteiger partial charge in [-0.05, 0) is 36.2 Å². The van der Waals surface area contributed by atoms with Crippen LogP contribution in [-0.4, -0.2) is 29.9 Å². The molecule has 0 N–H and O–H groups in total. The van der Waals surface area contributed by atoms with E-state index in [0.29, 0.717) is 17.5 Å². The molecule has 5 rings (SSSR count). The normalized spacial score (nSPS) is 11.0. The Hall–Kier alpha value is -3.78. The van der Waals surface area contributed by atoms with E-state index in [2.05, 4.69) is 54.2 Å². The third-order valence-corrected chi connectivity index (χ3v) is 5.89. The number of aryl methyl sites for hydroxylation is 1. The molecule has 5 aromatic rings. The maximum atomic E-state index is 5.84.